The van der Waals surface area contributed by atoms with Crippen LogP contribution in [0.4, 0.5) is 5.69 Å². The van der Waals surface area contributed by atoms with E-state index in [0.29, 0.717) is 6.54 Å². The topological polar surface area (TPSA) is 32.3 Å². The Labute approximate surface area is 136 Å². The summed E-state index contributed by atoms with van der Waals surface area (Å²) in [5.41, 5.74) is 3.76. The molecule has 0 radical (unpaired) electrons. The lowest BCUT2D eigenvalue weighted by Crippen LogP contribution is -2.32. The third kappa shape index (κ3) is 3.76. The van der Waals surface area contributed by atoms with Crippen LogP contribution in [-0.2, 0) is 24.2 Å². The molecule has 1 heterocycles. The van der Waals surface area contributed by atoms with Gasteiger partial charge in [-0.15, -0.1) is 11.3 Å². The number of nitrogens with one attached hydrogen (secondary N) is 1. The van der Waals surface area contributed by atoms with E-state index in [4.69, 9.17) is 0 Å². The summed E-state index contributed by atoms with van der Waals surface area (Å²) >= 11 is 1.74. The fraction of sp³-hybridized carbons (Fsp3) is 0.389. The molecule has 116 valence electrons. The molecule has 1 N–H and O–H groups in total. The maximum atomic E-state index is 12.3. The third-order valence-electron chi connectivity index (χ3n) is 4.16. The Morgan fingerprint density at radius 3 is 2.91 bits per heavy atom. The van der Waals surface area contributed by atoms with Gasteiger partial charge in [0.1, 0.15) is 0 Å². The van der Waals surface area contributed by atoms with Crippen molar-refractivity contribution < 1.29 is 4.79 Å². The Kier molecular flexibility index (Phi) is 4.90. The van der Waals surface area contributed by atoms with Crippen LogP contribution >= 0.6 is 11.3 Å². The van der Waals surface area contributed by atoms with E-state index < -0.39 is 0 Å². The summed E-state index contributed by atoms with van der Waals surface area (Å²) in [7, 11) is 0. The molecule has 2 aromatic rings. The second kappa shape index (κ2) is 7.07. The van der Waals surface area contributed by atoms with E-state index in [2.05, 4.69) is 46.8 Å². The normalized spacial score (nSPS) is 13.4. The monoisotopic (exact) mass is 314 g/mol. The highest BCUT2D eigenvalue weighted by Gasteiger charge is 2.13. The van der Waals surface area contributed by atoms with E-state index in [0.717, 1.165) is 25.2 Å². The van der Waals surface area contributed by atoms with Gasteiger partial charge < -0.3 is 5.32 Å². The predicted octanol–water partition coefficient (Wildman–Crippen LogP) is 3.70. The molecule has 3 rings (SSSR count). The maximum absolute atomic E-state index is 12.3. The molecule has 4 heteroatoms. The fourth-order valence-corrected chi connectivity index (χ4v) is 3.70. The minimum absolute atomic E-state index is 0.0661. The number of fused-ring (bicyclic) bond motifs is 1. The largest absolute Gasteiger partial charge is 0.325 e. The molecular formula is C18H22N2OS. The summed E-state index contributed by atoms with van der Waals surface area (Å²) in [6, 6.07) is 10.5. The number of anilines is 1. The van der Waals surface area contributed by atoms with Crippen LogP contribution in [0, 0.1) is 0 Å². The number of rotatable bonds is 6. The molecule has 0 spiro atoms. The number of benzene rings is 1. The zero-order chi connectivity index (χ0) is 15.4. The smallest absolute Gasteiger partial charge is 0.238 e. The molecule has 3 nitrogen and oxygen atoms in total. The van der Waals surface area contributed by atoms with Gasteiger partial charge in [0, 0.05) is 17.1 Å². The van der Waals surface area contributed by atoms with Gasteiger partial charge in [0.2, 0.25) is 5.91 Å². The fourth-order valence-electron chi connectivity index (χ4n) is 2.96. The van der Waals surface area contributed by atoms with Gasteiger partial charge in [-0.05, 0) is 60.5 Å². The van der Waals surface area contributed by atoms with Crippen molar-refractivity contribution in [1.29, 1.82) is 0 Å². The standard InChI is InChI=1S/C18H22N2OS/c1-2-20(12-17-7-4-10-22-17)13-18(21)19-16-9-8-14-5-3-6-15(14)11-16/h4,7-11H,2-3,5-6,12-13H2,1H3,(H,19,21). The lowest BCUT2D eigenvalue weighted by atomic mass is 10.1. The summed E-state index contributed by atoms with van der Waals surface area (Å²) in [5, 5.41) is 5.12. The van der Waals surface area contributed by atoms with Gasteiger partial charge in [-0.2, -0.15) is 0 Å². The first-order valence-corrected chi connectivity index (χ1v) is 8.79. The molecule has 0 bridgehead atoms. The van der Waals surface area contributed by atoms with Crippen molar-refractivity contribution in [3.8, 4) is 0 Å². The predicted molar refractivity (Wildman–Crippen MR) is 92.4 cm³/mol. The van der Waals surface area contributed by atoms with Crippen molar-refractivity contribution in [2.45, 2.75) is 32.7 Å². The molecule has 22 heavy (non-hydrogen) atoms. The van der Waals surface area contributed by atoms with Crippen LogP contribution in [-0.4, -0.2) is 23.9 Å². The summed E-state index contributed by atoms with van der Waals surface area (Å²) in [5.74, 6) is 0.0661. The summed E-state index contributed by atoms with van der Waals surface area (Å²) in [6.07, 6.45) is 3.55. The third-order valence-corrected chi connectivity index (χ3v) is 5.02. The Morgan fingerprint density at radius 2 is 2.14 bits per heavy atom. The first-order valence-electron chi connectivity index (χ1n) is 7.91. The quantitative estimate of drug-likeness (QED) is 0.882. The van der Waals surface area contributed by atoms with Crippen LogP contribution in [0.3, 0.4) is 0 Å². The second-order valence-corrected chi connectivity index (χ2v) is 6.80. The Hall–Kier alpha value is -1.65. The first kappa shape index (κ1) is 15.3. The molecule has 0 fully saturated rings. The van der Waals surface area contributed by atoms with Gasteiger partial charge >= 0.3 is 0 Å². The van der Waals surface area contributed by atoms with Crippen molar-refractivity contribution in [3.63, 3.8) is 0 Å². The van der Waals surface area contributed by atoms with Crippen molar-refractivity contribution in [1.82, 2.24) is 4.90 Å². The Bertz CT molecular complexity index is 637. The molecular weight excluding hydrogens is 292 g/mol. The van der Waals surface area contributed by atoms with Crippen molar-refractivity contribution in [2.24, 2.45) is 0 Å². The zero-order valence-corrected chi connectivity index (χ0v) is 13.8. The molecule has 0 aliphatic heterocycles. The SMILES string of the molecule is CCN(CC(=O)Nc1ccc2c(c1)CCC2)Cc1cccs1. The number of carbonyl (C=O) groups excluding carboxylic acids is 1. The zero-order valence-electron chi connectivity index (χ0n) is 13.0. The van der Waals surface area contributed by atoms with Crippen LogP contribution in [0.15, 0.2) is 35.7 Å². The van der Waals surface area contributed by atoms with Gasteiger partial charge in [-0.25, -0.2) is 0 Å². The molecule has 0 atom stereocenters. The number of aryl methyl sites for hydroxylation is 2. The summed E-state index contributed by atoms with van der Waals surface area (Å²) in [4.78, 5) is 15.7. The lowest BCUT2D eigenvalue weighted by Gasteiger charge is -2.19. The van der Waals surface area contributed by atoms with E-state index >= 15 is 0 Å². The summed E-state index contributed by atoms with van der Waals surface area (Å²) < 4.78 is 0. The molecule has 1 amide bonds. The number of hydrogen-bond donors (Lipinski definition) is 1. The van der Waals surface area contributed by atoms with E-state index in [1.165, 1.54) is 28.8 Å². The molecule has 1 aliphatic rings. The highest BCUT2D eigenvalue weighted by atomic mass is 32.1. The van der Waals surface area contributed by atoms with Crippen molar-refractivity contribution >= 4 is 22.9 Å². The van der Waals surface area contributed by atoms with Crippen molar-refractivity contribution in [2.75, 3.05) is 18.4 Å². The van der Waals surface area contributed by atoms with Gasteiger partial charge in [0.05, 0.1) is 6.54 Å². The Balaban J connectivity index is 1.57. The van der Waals surface area contributed by atoms with Gasteiger partial charge in [0.25, 0.3) is 0 Å². The number of thiophene rings is 1. The first-order chi connectivity index (χ1) is 10.7. The van der Waals surface area contributed by atoms with Gasteiger partial charge in [-0.1, -0.05) is 19.1 Å². The minimum atomic E-state index is 0.0661. The molecule has 1 aromatic carbocycles. The Morgan fingerprint density at radius 1 is 1.27 bits per heavy atom. The highest BCUT2D eigenvalue weighted by molar-refractivity contribution is 7.09. The number of amides is 1. The average Bonchev–Trinajstić information content (AvgIpc) is 3.17. The van der Waals surface area contributed by atoms with E-state index in [-0.39, 0.29) is 5.91 Å². The molecule has 0 saturated heterocycles. The van der Waals surface area contributed by atoms with Crippen LogP contribution in [0.5, 0.6) is 0 Å². The van der Waals surface area contributed by atoms with E-state index in [9.17, 15) is 4.79 Å². The number of nitrogens with zero attached hydrogens (tertiary/aromatic N) is 1. The highest BCUT2D eigenvalue weighted by Crippen LogP contribution is 2.24. The minimum Gasteiger partial charge on any atom is -0.325 e. The van der Waals surface area contributed by atoms with Gasteiger partial charge in [-0.3, -0.25) is 9.69 Å². The van der Waals surface area contributed by atoms with E-state index in [1.807, 2.05) is 6.07 Å². The second-order valence-electron chi connectivity index (χ2n) is 5.77. The van der Waals surface area contributed by atoms with Crippen LogP contribution in [0.25, 0.3) is 0 Å². The number of likely N-dealkylation sites (N-methyl/N-ethyl adjacent to an activating group) is 1. The van der Waals surface area contributed by atoms with Gasteiger partial charge in [0.15, 0.2) is 0 Å². The summed E-state index contributed by atoms with van der Waals surface area (Å²) in [6.45, 7) is 4.24. The lowest BCUT2D eigenvalue weighted by molar-refractivity contribution is -0.117. The van der Waals surface area contributed by atoms with Crippen LogP contribution in [0.1, 0.15) is 29.3 Å². The molecule has 0 saturated carbocycles. The maximum Gasteiger partial charge on any atom is 0.238 e. The molecule has 1 aliphatic carbocycles. The van der Waals surface area contributed by atoms with E-state index in [1.54, 1.807) is 11.3 Å². The molecule has 0 unspecified atom stereocenters. The van der Waals surface area contributed by atoms with Crippen molar-refractivity contribution in [3.05, 3.63) is 51.7 Å². The average molecular weight is 314 g/mol. The number of hydrogen-bond acceptors (Lipinski definition) is 3. The van der Waals surface area contributed by atoms with Crippen LogP contribution < -0.4 is 5.32 Å². The molecule has 1 aromatic heterocycles. The van der Waals surface area contributed by atoms with Crippen LogP contribution in [0.2, 0.25) is 0 Å². The number of carbonyl (C=O) groups is 1.